The molecule has 0 bridgehead atoms. The summed E-state index contributed by atoms with van der Waals surface area (Å²) in [6.07, 6.45) is 6.88. The SMILES string of the molecule is CCNC(=NCc1cccc(NC(=O)C2CCCC2)c1)NCC1CCCO1.I. The van der Waals surface area contributed by atoms with Crippen molar-refractivity contribution in [2.45, 2.75) is 58.1 Å². The summed E-state index contributed by atoms with van der Waals surface area (Å²) in [5.74, 6) is 1.13. The molecular formula is C21H33IN4O2. The van der Waals surface area contributed by atoms with Crippen molar-refractivity contribution in [3.63, 3.8) is 0 Å². The summed E-state index contributed by atoms with van der Waals surface area (Å²) < 4.78 is 5.65. The molecule has 1 heterocycles. The van der Waals surface area contributed by atoms with Crippen molar-refractivity contribution in [3.05, 3.63) is 29.8 Å². The highest BCUT2D eigenvalue weighted by Crippen LogP contribution is 2.26. The number of aliphatic imine (C=N–C) groups is 1. The number of benzene rings is 1. The molecule has 3 rings (SSSR count). The van der Waals surface area contributed by atoms with Gasteiger partial charge >= 0.3 is 0 Å². The minimum absolute atomic E-state index is 0. The van der Waals surface area contributed by atoms with Crippen LogP contribution >= 0.6 is 24.0 Å². The monoisotopic (exact) mass is 500 g/mol. The van der Waals surface area contributed by atoms with Crippen LogP contribution in [0.1, 0.15) is 51.0 Å². The Balaban J connectivity index is 0.00000280. The standard InChI is InChI=1S/C21H32N4O2.HI/c1-2-22-21(24-15-19-11-6-12-27-19)23-14-16-7-5-10-18(13-16)25-20(26)17-8-3-4-9-17;/h5,7,10,13,17,19H,2-4,6,8-9,11-12,14-15H2,1H3,(H,25,26)(H2,22,23,24);1H. The van der Waals surface area contributed by atoms with Crippen LogP contribution in [0.5, 0.6) is 0 Å². The van der Waals surface area contributed by atoms with Crippen molar-refractivity contribution in [1.29, 1.82) is 0 Å². The minimum atomic E-state index is 0. The molecule has 1 aromatic carbocycles. The fourth-order valence-electron chi connectivity index (χ4n) is 3.71. The van der Waals surface area contributed by atoms with Crippen molar-refractivity contribution < 1.29 is 9.53 Å². The van der Waals surface area contributed by atoms with Gasteiger partial charge in [-0.1, -0.05) is 25.0 Å². The number of hydrogen-bond acceptors (Lipinski definition) is 3. The van der Waals surface area contributed by atoms with Crippen LogP contribution in [0.2, 0.25) is 0 Å². The predicted molar refractivity (Wildman–Crippen MR) is 124 cm³/mol. The van der Waals surface area contributed by atoms with Crippen LogP contribution < -0.4 is 16.0 Å². The van der Waals surface area contributed by atoms with E-state index in [0.717, 1.165) is 62.6 Å². The first kappa shape index (κ1) is 22.9. The van der Waals surface area contributed by atoms with Crippen molar-refractivity contribution in [3.8, 4) is 0 Å². The molecule has 1 aromatic rings. The number of amides is 1. The molecule has 1 saturated carbocycles. The third-order valence-electron chi connectivity index (χ3n) is 5.21. The molecule has 1 unspecified atom stereocenters. The van der Waals surface area contributed by atoms with Gasteiger partial charge in [-0.3, -0.25) is 4.79 Å². The van der Waals surface area contributed by atoms with Crippen LogP contribution in [-0.4, -0.2) is 37.7 Å². The molecule has 0 radical (unpaired) electrons. The maximum absolute atomic E-state index is 12.3. The molecule has 6 nitrogen and oxygen atoms in total. The summed E-state index contributed by atoms with van der Waals surface area (Å²) in [6.45, 7) is 5.08. The van der Waals surface area contributed by atoms with Gasteiger partial charge in [0.25, 0.3) is 0 Å². The maximum Gasteiger partial charge on any atom is 0.227 e. The summed E-state index contributed by atoms with van der Waals surface area (Å²) in [6, 6.07) is 7.97. The number of nitrogens with one attached hydrogen (secondary N) is 3. The molecule has 1 saturated heterocycles. The van der Waals surface area contributed by atoms with Crippen LogP contribution in [0, 0.1) is 5.92 Å². The van der Waals surface area contributed by atoms with Crippen molar-refractivity contribution in [2.75, 3.05) is 25.0 Å². The largest absolute Gasteiger partial charge is 0.376 e. The average Bonchev–Trinajstić information content (AvgIpc) is 3.38. The lowest BCUT2D eigenvalue weighted by molar-refractivity contribution is -0.119. The van der Waals surface area contributed by atoms with Gasteiger partial charge in [-0.05, 0) is 50.3 Å². The Morgan fingerprint density at radius 1 is 1.18 bits per heavy atom. The first-order chi connectivity index (χ1) is 13.2. The highest BCUT2D eigenvalue weighted by molar-refractivity contribution is 14.0. The van der Waals surface area contributed by atoms with Gasteiger partial charge in [0, 0.05) is 31.3 Å². The summed E-state index contributed by atoms with van der Waals surface area (Å²) in [5.41, 5.74) is 1.94. The molecule has 1 amide bonds. The molecule has 1 atom stereocenters. The molecule has 3 N–H and O–H groups in total. The van der Waals surface area contributed by atoms with Gasteiger partial charge in [0.15, 0.2) is 5.96 Å². The lowest BCUT2D eigenvalue weighted by Gasteiger charge is -2.15. The first-order valence-electron chi connectivity index (χ1n) is 10.3. The van der Waals surface area contributed by atoms with Crippen LogP contribution in [0.4, 0.5) is 5.69 Å². The minimum Gasteiger partial charge on any atom is -0.376 e. The van der Waals surface area contributed by atoms with Gasteiger partial charge < -0.3 is 20.7 Å². The first-order valence-corrected chi connectivity index (χ1v) is 10.3. The van der Waals surface area contributed by atoms with E-state index in [1.54, 1.807) is 0 Å². The van der Waals surface area contributed by atoms with Crippen LogP contribution in [0.3, 0.4) is 0 Å². The highest BCUT2D eigenvalue weighted by Gasteiger charge is 2.22. The fraction of sp³-hybridized carbons (Fsp3) is 0.619. The molecular weight excluding hydrogens is 467 g/mol. The zero-order valence-corrected chi connectivity index (χ0v) is 19.0. The van der Waals surface area contributed by atoms with Crippen LogP contribution in [-0.2, 0) is 16.1 Å². The van der Waals surface area contributed by atoms with Gasteiger partial charge in [0.05, 0.1) is 12.6 Å². The molecule has 1 aliphatic heterocycles. The van der Waals surface area contributed by atoms with E-state index < -0.39 is 0 Å². The van der Waals surface area contributed by atoms with E-state index in [0.29, 0.717) is 6.54 Å². The molecule has 156 valence electrons. The lowest BCUT2D eigenvalue weighted by Crippen LogP contribution is -2.41. The van der Waals surface area contributed by atoms with Crippen molar-refractivity contribution in [1.82, 2.24) is 10.6 Å². The molecule has 2 aliphatic rings. The Morgan fingerprint density at radius 2 is 2.00 bits per heavy atom. The van der Waals surface area contributed by atoms with E-state index in [9.17, 15) is 4.79 Å². The van der Waals surface area contributed by atoms with E-state index in [1.807, 2.05) is 24.3 Å². The van der Waals surface area contributed by atoms with E-state index in [1.165, 1.54) is 12.8 Å². The quantitative estimate of drug-likeness (QED) is 0.304. The second-order valence-electron chi connectivity index (χ2n) is 7.38. The molecule has 28 heavy (non-hydrogen) atoms. The smallest absolute Gasteiger partial charge is 0.227 e. The summed E-state index contributed by atoms with van der Waals surface area (Å²) >= 11 is 0. The molecule has 2 fully saturated rings. The van der Waals surface area contributed by atoms with Crippen LogP contribution in [0.25, 0.3) is 0 Å². The fourth-order valence-corrected chi connectivity index (χ4v) is 3.71. The van der Waals surface area contributed by atoms with E-state index in [-0.39, 0.29) is 41.9 Å². The van der Waals surface area contributed by atoms with Gasteiger partial charge in [-0.15, -0.1) is 24.0 Å². The number of ether oxygens (including phenoxy) is 1. The molecule has 7 heteroatoms. The lowest BCUT2D eigenvalue weighted by atomic mass is 10.1. The second-order valence-corrected chi connectivity index (χ2v) is 7.38. The van der Waals surface area contributed by atoms with Crippen molar-refractivity contribution in [2.24, 2.45) is 10.9 Å². The Kier molecular flexibility index (Phi) is 10.0. The molecule has 0 aromatic heterocycles. The second kappa shape index (κ2) is 12.3. The predicted octanol–water partition coefficient (Wildman–Crippen LogP) is 3.67. The number of carbonyl (C=O) groups is 1. The zero-order valence-electron chi connectivity index (χ0n) is 16.7. The molecule has 0 spiro atoms. The third-order valence-corrected chi connectivity index (χ3v) is 5.21. The number of hydrogen-bond donors (Lipinski definition) is 3. The number of nitrogens with zero attached hydrogens (tertiary/aromatic N) is 1. The number of anilines is 1. The summed E-state index contributed by atoms with van der Waals surface area (Å²) in [7, 11) is 0. The third kappa shape index (κ3) is 7.24. The van der Waals surface area contributed by atoms with Gasteiger partial charge in [-0.25, -0.2) is 4.99 Å². The topological polar surface area (TPSA) is 74.8 Å². The number of guanidine groups is 1. The highest BCUT2D eigenvalue weighted by atomic mass is 127. The number of halogens is 1. The Labute approximate surface area is 185 Å². The van der Waals surface area contributed by atoms with Gasteiger partial charge in [0.1, 0.15) is 0 Å². The normalized spacial score (nSPS) is 19.9. The van der Waals surface area contributed by atoms with Gasteiger partial charge in [-0.2, -0.15) is 0 Å². The van der Waals surface area contributed by atoms with Crippen molar-refractivity contribution >= 4 is 41.5 Å². The maximum atomic E-state index is 12.3. The average molecular weight is 500 g/mol. The van der Waals surface area contributed by atoms with Gasteiger partial charge in [0.2, 0.25) is 5.91 Å². The van der Waals surface area contributed by atoms with Crippen LogP contribution in [0.15, 0.2) is 29.3 Å². The Bertz CT molecular complexity index is 641. The Morgan fingerprint density at radius 3 is 2.71 bits per heavy atom. The van der Waals surface area contributed by atoms with E-state index >= 15 is 0 Å². The number of carbonyl (C=O) groups excluding carboxylic acids is 1. The Hall–Kier alpha value is -1.35. The molecule has 1 aliphatic carbocycles. The summed E-state index contributed by atoms with van der Waals surface area (Å²) in [5, 5.41) is 9.70. The van der Waals surface area contributed by atoms with E-state index in [4.69, 9.17) is 4.74 Å². The van der Waals surface area contributed by atoms with E-state index in [2.05, 4.69) is 27.9 Å². The summed E-state index contributed by atoms with van der Waals surface area (Å²) in [4.78, 5) is 17.0. The number of rotatable bonds is 7. The zero-order chi connectivity index (χ0) is 18.9.